The van der Waals surface area contributed by atoms with E-state index in [1.807, 2.05) is 13.8 Å². The van der Waals surface area contributed by atoms with Gasteiger partial charge in [-0.1, -0.05) is 55.7 Å². The maximum atomic E-state index is 12.6. The van der Waals surface area contributed by atoms with Crippen LogP contribution in [0.15, 0.2) is 34.9 Å². The Hall–Kier alpha value is -1.19. The van der Waals surface area contributed by atoms with Gasteiger partial charge < -0.3 is 10.2 Å². The van der Waals surface area contributed by atoms with Gasteiger partial charge in [0, 0.05) is 11.8 Å². The van der Waals surface area contributed by atoms with Crippen LogP contribution in [0.25, 0.3) is 0 Å². The molecule has 2 aliphatic carbocycles. The Morgan fingerprint density at radius 2 is 1.45 bits per heavy atom. The van der Waals surface area contributed by atoms with E-state index in [9.17, 15) is 9.90 Å². The first-order chi connectivity index (χ1) is 15.3. The topological polar surface area (TPSA) is 57.5 Å². The summed E-state index contributed by atoms with van der Waals surface area (Å²) in [6.45, 7) is 15.2. The highest BCUT2D eigenvalue weighted by molar-refractivity contribution is 5.85. The third-order valence-electron chi connectivity index (χ3n) is 9.02. The van der Waals surface area contributed by atoms with Crippen molar-refractivity contribution in [2.75, 3.05) is 6.61 Å². The van der Waals surface area contributed by atoms with E-state index >= 15 is 0 Å². The summed E-state index contributed by atoms with van der Waals surface area (Å²) in [5.41, 5.74) is 2.99. The predicted molar refractivity (Wildman–Crippen MR) is 139 cm³/mol. The molecule has 2 saturated carbocycles. The van der Waals surface area contributed by atoms with Crippen molar-refractivity contribution >= 4 is 5.78 Å². The van der Waals surface area contributed by atoms with Crippen LogP contribution in [-0.4, -0.2) is 28.2 Å². The van der Waals surface area contributed by atoms with Crippen LogP contribution >= 0.6 is 0 Å². The second-order valence-corrected chi connectivity index (χ2v) is 12.1. The predicted octanol–water partition coefficient (Wildman–Crippen LogP) is 7.33. The number of Topliss-reactive ketones (excluding diaryl/α,β-unsaturated/α-hetero) is 1. The van der Waals surface area contributed by atoms with Gasteiger partial charge in [0.1, 0.15) is 5.78 Å². The van der Waals surface area contributed by atoms with E-state index in [0.717, 1.165) is 63.4 Å². The molecule has 3 nitrogen and oxygen atoms in total. The highest BCUT2D eigenvalue weighted by atomic mass is 16.3. The molecule has 0 radical (unpaired) electrons. The molecule has 0 heterocycles. The molecule has 0 aliphatic heterocycles. The van der Waals surface area contributed by atoms with Crippen LogP contribution in [0.3, 0.4) is 0 Å². The molecule has 0 spiro atoms. The molecule has 2 rings (SSSR count). The van der Waals surface area contributed by atoms with Gasteiger partial charge in [0.15, 0.2) is 0 Å². The fourth-order valence-electron chi connectivity index (χ4n) is 6.82. The third kappa shape index (κ3) is 6.92. The van der Waals surface area contributed by atoms with Crippen molar-refractivity contribution in [3.63, 3.8) is 0 Å². The van der Waals surface area contributed by atoms with Crippen molar-refractivity contribution in [3.8, 4) is 0 Å². The molecular weight excluding hydrogens is 408 g/mol. The van der Waals surface area contributed by atoms with E-state index in [0.29, 0.717) is 18.1 Å². The summed E-state index contributed by atoms with van der Waals surface area (Å²) in [5.74, 6) is 1.01. The summed E-state index contributed by atoms with van der Waals surface area (Å²) in [6, 6.07) is 0. The number of allylic oxidation sites excluding steroid dienone is 5. The number of rotatable bonds is 10. The van der Waals surface area contributed by atoms with Gasteiger partial charge in [-0.15, -0.1) is 0 Å². The monoisotopic (exact) mass is 458 g/mol. The molecular formula is C30H50O3. The molecule has 2 fully saturated rings. The van der Waals surface area contributed by atoms with Crippen molar-refractivity contribution in [2.24, 2.45) is 22.7 Å². The lowest BCUT2D eigenvalue weighted by Gasteiger charge is -2.60. The maximum absolute atomic E-state index is 12.6. The summed E-state index contributed by atoms with van der Waals surface area (Å²) in [7, 11) is 0. The zero-order valence-electron chi connectivity index (χ0n) is 22.5. The molecule has 3 heteroatoms. The van der Waals surface area contributed by atoms with Crippen LogP contribution in [-0.2, 0) is 4.79 Å². The number of aliphatic hydroxyl groups excluding tert-OH is 1. The van der Waals surface area contributed by atoms with Crippen LogP contribution in [0.2, 0.25) is 0 Å². The lowest BCUT2D eigenvalue weighted by Crippen LogP contribution is -2.59. The first-order valence-electron chi connectivity index (χ1n) is 13.2. The number of fused-ring (bicyclic) bond motifs is 1. The smallest absolute Gasteiger partial charge is 0.138 e. The minimum atomic E-state index is -0.647. The molecule has 0 saturated heterocycles. The van der Waals surface area contributed by atoms with E-state index in [4.69, 9.17) is 5.11 Å². The average molecular weight is 459 g/mol. The Labute approximate surface area is 203 Å². The van der Waals surface area contributed by atoms with Crippen molar-refractivity contribution in [3.05, 3.63) is 34.9 Å². The van der Waals surface area contributed by atoms with Crippen molar-refractivity contribution < 1.29 is 15.0 Å². The maximum Gasteiger partial charge on any atom is 0.138 e. The van der Waals surface area contributed by atoms with Gasteiger partial charge in [-0.05, 0) is 103 Å². The van der Waals surface area contributed by atoms with Gasteiger partial charge >= 0.3 is 0 Å². The molecule has 2 N–H and O–H groups in total. The van der Waals surface area contributed by atoms with E-state index in [2.05, 4.69) is 52.8 Å². The average Bonchev–Trinajstić information content (AvgIpc) is 2.72. The molecule has 0 bridgehead atoms. The molecule has 4 atom stereocenters. The molecule has 0 aromatic rings. The normalized spacial score (nSPS) is 33.2. The molecule has 0 aromatic carbocycles. The fourth-order valence-corrected chi connectivity index (χ4v) is 6.82. The number of hydrogen-bond donors (Lipinski definition) is 2. The molecule has 33 heavy (non-hydrogen) atoms. The SMILES string of the molecule is C/C(=C\CC/C(C)=C/CC/C(C)=C/CC[C@@H]1[C@@]2(C)CCC(=O)C(C)(C)[C@H]2CC[C@@]1(C)O)CO. The van der Waals surface area contributed by atoms with Crippen LogP contribution in [0.5, 0.6) is 0 Å². The van der Waals surface area contributed by atoms with E-state index in [1.165, 1.54) is 11.1 Å². The van der Waals surface area contributed by atoms with E-state index in [1.54, 1.807) is 0 Å². The van der Waals surface area contributed by atoms with E-state index < -0.39 is 5.60 Å². The van der Waals surface area contributed by atoms with Gasteiger partial charge in [-0.2, -0.15) is 0 Å². The van der Waals surface area contributed by atoms with Gasteiger partial charge in [0.05, 0.1) is 12.2 Å². The van der Waals surface area contributed by atoms with Crippen molar-refractivity contribution in [2.45, 2.75) is 118 Å². The minimum Gasteiger partial charge on any atom is -0.392 e. The molecule has 0 aromatic heterocycles. The third-order valence-corrected chi connectivity index (χ3v) is 9.02. The second-order valence-electron chi connectivity index (χ2n) is 12.1. The molecule has 2 aliphatic rings. The number of aliphatic hydroxyl groups is 2. The number of ketones is 1. The van der Waals surface area contributed by atoms with Crippen molar-refractivity contribution in [1.82, 2.24) is 0 Å². The lowest BCUT2D eigenvalue weighted by molar-refractivity contribution is -0.177. The van der Waals surface area contributed by atoms with Crippen molar-refractivity contribution in [1.29, 1.82) is 0 Å². The Morgan fingerprint density at radius 1 is 0.909 bits per heavy atom. The van der Waals surface area contributed by atoms with Crippen LogP contribution in [0.1, 0.15) is 113 Å². The second kappa shape index (κ2) is 11.5. The Morgan fingerprint density at radius 3 is 2.03 bits per heavy atom. The Bertz CT molecular complexity index is 767. The van der Waals surface area contributed by atoms with Gasteiger partial charge in [-0.25, -0.2) is 0 Å². The quantitative estimate of drug-likeness (QED) is 0.337. The summed E-state index contributed by atoms with van der Waals surface area (Å²) in [6.07, 6.45) is 16.3. The zero-order valence-corrected chi connectivity index (χ0v) is 22.5. The summed E-state index contributed by atoms with van der Waals surface area (Å²) >= 11 is 0. The number of carbonyl (C=O) groups is 1. The Balaban J connectivity index is 1.93. The first kappa shape index (κ1) is 28.1. The fraction of sp³-hybridized carbons (Fsp3) is 0.767. The summed E-state index contributed by atoms with van der Waals surface area (Å²) in [5, 5.41) is 20.4. The largest absolute Gasteiger partial charge is 0.392 e. The summed E-state index contributed by atoms with van der Waals surface area (Å²) in [4.78, 5) is 12.6. The lowest BCUT2D eigenvalue weighted by atomic mass is 9.45. The first-order valence-corrected chi connectivity index (χ1v) is 13.2. The van der Waals surface area contributed by atoms with Crippen LogP contribution in [0.4, 0.5) is 0 Å². The van der Waals surface area contributed by atoms with E-state index in [-0.39, 0.29) is 23.4 Å². The number of hydrogen-bond acceptors (Lipinski definition) is 3. The van der Waals surface area contributed by atoms with Gasteiger partial charge in [0.25, 0.3) is 0 Å². The van der Waals surface area contributed by atoms with Crippen LogP contribution < -0.4 is 0 Å². The minimum absolute atomic E-state index is 0.0313. The standard InChI is InChI=1S/C30H50O3/c1-22(13-9-15-24(3)21-31)11-8-12-23(2)14-10-16-26-29(6)19-18-27(32)28(4,5)25(29)17-20-30(26,7)33/h11,14-15,25-26,31,33H,8-10,12-13,16-21H2,1-7H3/b22-11+,23-14+,24-15+/t25-,26-,29+,30-/m1/s1. The van der Waals surface area contributed by atoms with Gasteiger partial charge in [0.2, 0.25) is 0 Å². The number of carbonyl (C=O) groups excluding carboxylic acids is 1. The highest BCUT2D eigenvalue weighted by Crippen LogP contribution is 2.62. The summed E-state index contributed by atoms with van der Waals surface area (Å²) < 4.78 is 0. The highest BCUT2D eigenvalue weighted by Gasteiger charge is 2.59. The molecule has 188 valence electrons. The molecule has 0 amide bonds. The Kier molecular flexibility index (Phi) is 9.77. The zero-order chi connectivity index (χ0) is 24.9. The van der Waals surface area contributed by atoms with Crippen LogP contribution in [0, 0.1) is 22.7 Å². The molecule has 0 unspecified atom stereocenters. The van der Waals surface area contributed by atoms with Gasteiger partial charge in [-0.3, -0.25) is 4.79 Å².